The third-order valence-corrected chi connectivity index (χ3v) is 3.64. The van der Waals surface area contributed by atoms with E-state index in [1.54, 1.807) is 0 Å². The van der Waals surface area contributed by atoms with Crippen molar-refractivity contribution in [2.75, 3.05) is 20.1 Å². The molecule has 1 fully saturated rings. The molecule has 84 valence electrons. The maximum Gasteiger partial charge on any atom is 0.0114 e. The molecule has 1 rings (SSSR count). The molecule has 3 atom stereocenters. The van der Waals surface area contributed by atoms with Crippen molar-refractivity contribution >= 4 is 0 Å². The van der Waals surface area contributed by atoms with Crippen LogP contribution in [0, 0.1) is 5.92 Å². The molecule has 0 aliphatic carbocycles. The third kappa shape index (κ3) is 2.96. The highest BCUT2D eigenvalue weighted by molar-refractivity contribution is 4.83. The van der Waals surface area contributed by atoms with Gasteiger partial charge in [0.25, 0.3) is 0 Å². The minimum Gasteiger partial charge on any atom is -0.317 e. The smallest absolute Gasteiger partial charge is 0.0114 e. The Morgan fingerprint density at radius 2 is 2.21 bits per heavy atom. The van der Waals surface area contributed by atoms with Gasteiger partial charge in [0.1, 0.15) is 0 Å². The topological polar surface area (TPSA) is 15.3 Å². The maximum absolute atomic E-state index is 3.42. The van der Waals surface area contributed by atoms with E-state index in [-0.39, 0.29) is 0 Å². The summed E-state index contributed by atoms with van der Waals surface area (Å²) in [6, 6.07) is 1.51. The molecule has 0 radical (unpaired) electrons. The number of rotatable bonds is 4. The molecule has 1 aliphatic heterocycles. The van der Waals surface area contributed by atoms with E-state index in [1.165, 1.54) is 32.4 Å². The van der Waals surface area contributed by atoms with E-state index in [4.69, 9.17) is 0 Å². The average molecular weight is 198 g/mol. The Kier molecular flexibility index (Phi) is 4.90. The molecule has 1 aliphatic rings. The fourth-order valence-electron chi connectivity index (χ4n) is 2.61. The van der Waals surface area contributed by atoms with Crippen LogP contribution in [0.2, 0.25) is 0 Å². The summed E-state index contributed by atoms with van der Waals surface area (Å²) in [5.74, 6) is 0.799. The summed E-state index contributed by atoms with van der Waals surface area (Å²) in [5, 5.41) is 3.42. The van der Waals surface area contributed by atoms with Crippen LogP contribution in [-0.4, -0.2) is 37.1 Å². The molecular weight excluding hydrogens is 172 g/mol. The zero-order valence-electron chi connectivity index (χ0n) is 10.2. The minimum atomic E-state index is 0.736. The second kappa shape index (κ2) is 5.72. The van der Waals surface area contributed by atoms with Gasteiger partial charge in [-0.1, -0.05) is 20.3 Å². The number of likely N-dealkylation sites (tertiary alicyclic amines) is 1. The predicted octanol–water partition coefficient (Wildman–Crippen LogP) is 2.10. The first kappa shape index (κ1) is 12.0. The second-order valence-electron chi connectivity index (χ2n) is 4.79. The first-order valence-corrected chi connectivity index (χ1v) is 6.10. The molecule has 1 N–H and O–H groups in total. The summed E-state index contributed by atoms with van der Waals surface area (Å²) in [5.41, 5.74) is 0. The molecule has 2 heteroatoms. The highest BCUT2D eigenvalue weighted by Gasteiger charge is 2.26. The van der Waals surface area contributed by atoms with Crippen molar-refractivity contribution in [1.82, 2.24) is 10.2 Å². The van der Waals surface area contributed by atoms with E-state index in [0.29, 0.717) is 0 Å². The van der Waals surface area contributed by atoms with Crippen LogP contribution in [0.5, 0.6) is 0 Å². The normalized spacial score (nSPS) is 31.7. The predicted molar refractivity (Wildman–Crippen MR) is 62.6 cm³/mol. The monoisotopic (exact) mass is 198 g/mol. The summed E-state index contributed by atoms with van der Waals surface area (Å²) >= 11 is 0. The Balaban J connectivity index is 2.37. The van der Waals surface area contributed by atoms with Gasteiger partial charge in [0.05, 0.1) is 0 Å². The van der Waals surface area contributed by atoms with E-state index in [9.17, 15) is 0 Å². The lowest BCUT2D eigenvalue weighted by Crippen LogP contribution is -2.49. The fraction of sp³-hybridized carbons (Fsp3) is 1.00. The van der Waals surface area contributed by atoms with Crippen molar-refractivity contribution in [3.05, 3.63) is 0 Å². The number of hydrogen-bond donors (Lipinski definition) is 1. The van der Waals surface area contributed by atoms with Gasteiger partial charge >= 0.3 is 0 Å². The SMILES string of the molecule is CCCC(C)N1CCC(NC)C(C)C1. The minimum absolute atomic E-state index is 0.736. The number of piperidine rings is 1. The molecule has 0 bridgehead atoms. The van der Waals surface area contributed by atoms with Gasteiger partial charge in [-0.15, -0.1) is 0 Å². The summed E-state index contributed by atoms with van der Waals surface area (Å²) < 4.78 is 0. The van der Waals surface area contributed by atoms with Gasteiger partial charge < -0.3 is 10.2 Å². The van der Waals surface area contributed by atoms with E-state index in [2.05, 4.69) is 38.0 Å². The Morgan fingerprint density at radius 1 is 1.50 bits per heavy atom. The lowest BCUT2D eigenvalue weighted by atomic mass is 9.92. The van der Waals surface area contributed by atoms with Crippen LogP contribution in [0.25, 0.3) is 0 Å². The highest BCUT2D eigenvalue weighted by atomic mass is 15.2. The Morgan fingerprint density at radius 3 is 2.71 bits per heavy atom. The summed E-state index contributed by atoms with van der Waals surface area (Å²) in [6.45, 7) is 9.56. The second-order valence-corrected chi connectivity index (χ2v) is 4.79. The van der Waals surface area contributed by atoms with Gasteiger partial charge in [0.2, 0.25) is 0 Å². The van der Waals surface area contributed by atoms with Crippen molar-refractivity contribution in [2.24, 2.45) is 5.92 Å². The Hall–Kier alpha value is -0.0800. The molecule has 0 aromatic rings. The Bertz CT molecular complexity index is 158. The summed E-state index contributed by atoms with van der Waals surface area (Å²) in [7, 11) is 2.09. The number of nitrogens with zero attached hydrogens (tertiary/aromatic N) is 1. The largest absolute Gasteiger partial charge is 0.317 e. The quantitative estimate of drug-likeness (QED) is 0.744. The van der Waals surface area contributed by atoms with E-state index in [0.717, 1.165) is 18.0 Å². The molecule has 1 heterocycles. The molecule has 0 spiro atoms. The van der Waals surface area contributed by atoms with E-state index in [1.807, 2.05) is 0 Å². The lowest BCUT2D eigenvalue weighted by Gasteiger charge is -2.40. The molecule has 0 aromatic carbocycles. The summed E-state index contributed by atoms with van der Waals surface area (Å²) in [4.78, 5) is 2.65. The van der Waals surface area contributed by atoms with Gasteiger partial charge in [-0.2, -0.15) is 0 Å². The molecular formula is C12H26N2. The maximum atomic E-state index is 3.42. The van der Waals surface area contributed by atoms with Gasteiger partial charge in [-0.25, -0.2) is 0 Å². The number of nitrogens with one attached hydrogen (secondary N) is 1. The van der Waals surface area contributed by atoms with Crippen molar-refractivity contribution in [2.45, 2.75) is 52.1 Å². The Labute approximate surface area is 89.1 Å². The first-order valence-electron chi connectivity index (χ1n) is 6.10. The lowest BCUT2D eigenvalue weighted by molar-refractivity contribution is 0.109. The van der Waals surface area contributed by atoms with Crippen molar-refractivity contribution in [3.8, 4) is 0 Å². The molecule has 0 amide bonds. The highest BCUT2D eigenvalue weighted by Crippen LogP contribution is 2.19. The molecule has 0 saturated carbocycles. The van der Waals surface area contributed by atoms with Crippen LogP contribution in [-0.2, 0) is 0 Å². The molecule has 14 heavy (non-hydrogen) atoms. The van der Waals surface area contributed by atoms with Gasteiger partial charge in [-0.05, 0) is 39.3 Å². The third-order valence-electron chi connectivity index (χ3n) is 3.64. The fourth-order valence-corrected chi connectivity index (χ4v) is 2.61. The van der Waals surface area contributed by atoms with Gasteiger partial charge in [0, 0.05) is 18.6 Å². The van der Waals surface area contributed by atoms with Crippen LogP contribution in [0.1, 0.15) is 40.0 Å². The van der Waals surface area contributed by atoms with Crippen molar-refractivity contribution in [3.63, 3.8) is 0 Å². The standard InChI is InChI=1S/C12H26N2/c1-5-6-11(3)14-8-7-12(13-4)10(2)9-14/h10-13H,5-9H2,1-4H3. The van der Waals surface area contributed by atoms with Crippen LogP contribution in [0.4, 0.5) is 0 Å². The van der Waals surface area contributed by atoms with Crippen LogP contribution in [0.15, 0.2) is 0 Å². The van der Waals surface area contributed by atoms with Crippen LogP contribution in [0.3, 0.4) is 0 Å². The van der Waals surface area contributed by atoms with E-state index < -0.39 is 0 Å². The first-order chi connectivity index (χ1) is 6.69. The molecule has 3 unspecified atom stereocenters. The van der Waals surface area contributed by atoms with Crippen LogP contribution < -0.4 is 5.32 Å². The van der Waals surface area contributed by atoms with Gasteiger partial charge in [-0.3, -0.25) is 0 Å². The van der Waals surface area contributed by atoms with Gasteiger partial charge in [0.15, 0.2) is 0 Å². The van der Waals surface area contributed by atoms with Crippen LogP contribution >= 0.6 is 0 Å². The molecule has 2 nitrogen and oxygen atoms in total. The van der Waals surface area contributed by atoms with Crippen molar-refractivity contribution in [1.29, 1.82) is 0 Å². The van der Waals surface area contributed by atoms with E-state index >= 15 is 0 Å². The zero-order valence-corrected chi connectivity index (χ0v) is 10.2. The molecule has 0 aromatic heterocycles. The molecule has 1 saturated heterocycles. The average Bonchev–Trinajstić information content (AvgIpc) is 2.18. The summed E-state index contributed by atoms with van der Waals surface area (Å²) in [6.07, 6.45) is 3.96. The number of hydrogen-bond acceptors (Lipinski definition) is 2. The van der Waals surface area contributed by atoms with Crippen molar-refractivity contribution < 1.29 is 0 Å². The zero-order chi connectivity index (χ0) is 10.6.